The summed E-state index contributed by atoms with van der Waals surface area (Å²) in [6.07, 6.45) is 62.4. The molecular weight excluding hydrogens is 1310 g/mol. The Hall–Kier alpha value is -1.94. The number of phosphoric acid groups is 2. The van der Waals surface area contributed by atoms with E-state index in [1.807, 2.05) is 0 Å². The fourth-order valence-corrected chi connectivity index (χ4v) is 14.1. The van der Waals surface area contributed by atoms with Crippen LogP contribution in [0.4, 0.5) is 0 Å². The molecule has 0 aliphatic carbocycles. The van der Waals surface area contributed by atoms with Gasteiger partial charge in [0.1, 0.15) is 19.3 Å². The first-order chi connectivity index (χ1) is 48.4. The lowest BCUT2D eigenvalue weighted by Gasteiger charge is -2.21. The molecule has 0 aromatic rings. The van der Waals surface area contributed by atoms with Gasteiger partial charge in [-0.3, -0.25) is 37.3 Å². The molecule has 0 spiro atoms. The lowest BCUT2D eigenvalue weighted by Crippen LogP contribution is -2.30. The van der Waals surface area contributed by atoms with Crippen LogP contribution in [0, 0.1) is 11.8 Å². The number of ether oxygens (including phenoxy) is 4. The molecule has 0 saturated heterocycles. The first-order valence-electron chi connectivity index (χ1n) is 42.0. The highest BCUT2D eigenvalue weighted by Crippen LogP contribution is 2.45. The van der Waals surface area contributed by atoms with E-state index in [1.54, 1.807) is 0 Å². The molecule has 17 nitrogen and oxygen atoms in total. The molecule has 19 heteroatoms. The van der Waals surface area contributed by atoms with Gasteiger partial charge in [-0.2, -0.15) is 0 Å². The van der Waals surface area contributed by atoms with Crippen LogP contribution in [-0.2, 0) is 65.4 Å². The standard InChI is InChI=1S/C81H158O17P2/c1-7-10-12-14-16-18-20-22-24-29-32-36-40-44-51-57-63-78(83)91-69-76(97-80(85)65-60-54-46-42-38-34-30-26-25-28-31-35-39-43-49-55-61-73(4)5)71-95-99(87,88)93-67-75(82)68-94-100(89,90)96-72-77(70-92-79(84)64-58-52-48-47-50-56-62-74(6)9-3)98-81(86)66-59-53-45-41-37-33-27-23-21-19-17-15-13-11-8-2/h73-77,82H,7-72H2,1-6H3,(H,87,88)(H,89,90)/t74?,75-,76-,77-/m1/s1. The number of carbonyl (C=O) groups excluding carboxylic acids is 4. The molecule has 100 heavy (non-hydrogen) atoms. The van der Waals surface area contributed by atoms with Gasteiger partial charge >= 0.3 is 39.5 Å². The predicted octanol–water partition coefficient (Wildman–Crippen LogP) is 24.3. The average Bonchev–Trinajstić information content (AvgIpc) is 1.04. The van der Waals surface area contributed by atoms with E-state index >= 15 is 0 Å². The summed E-state index contributed by atoms with van der Waals surface area (Å²) < 4.78 is 68.7. The molecule has 0 heterocycles. The molecule has 0 saturated carbocycles. The normalized spacial score (nSPS) is 14.2. The second kappa shape index (κ2) is 72.6. The third-order valence-electron chi connectivity index (χ3n) is 19.3. The number of aliphatic hydroxyl groups excluding tert-OH is 1. The predicted molar refractivity (Wildman–Crippen MR) is 409 cm³/mol. The zero-order chi connectivity index (χ0) is 73.5. The van der Waals surface area contributed by atoms with E-state index in [2.05, 4.69) is 41.5 Å². The zero-order valence-corrected chi connectivity index (χ0v) is 67.3. The Morgan fingerprint density at radius 3 is 0.760 bits per heavy atom. The minimum Gasteiger partial charge on any atom is -0.462 e. The molecule has 0 radical (unpaired) electrons. The number of rotatable bonds is 80. The highest BCUT2D eigenvalue weighted by atomic mass is 31.2. The second-order valence-electron chi connectivity index (χ2n) is 29.9. The molecule has 0 rings (SSSR count). The summed E-state index contributed by atoms with van der Waals surface area (Å²) in [6.45, 7) is 9.63. The number of carbonyl (C=O) groups is 4. The van der Waals surface area contributed by atoms with Gasteiger partial charge in [0, 0.05) is 25.7 Å². The maximum absolute atomic E-state index is 13.1. The van der Waals surface area contributed by atoms with Crippen molar-refractivity contribution in [3.8, 4) is 0 Å². The van der Waals surface area contributed by atoms with Crippen LogP contribution in [-0.4, -0.2) is 96.7 Å². The summed E-state index contributed by atoms with van der Waals surface area (Å²) in [5, 5.41) is 10.6. The molecule has 0 aliphatic rings. The van der Waals surface area contributed by atoms with Crippen LogP contribution in [0.2, 0.25) is 0 Å². The summed E-state index contributed by atoms with van der Waals surface area (Å²) in [5.41, 5.74) is 0. The number of aliphatic hydroxyl groups is 1. The van der Waals surface area contributed by atoms with Gasteiger partial charge in [-0.25, -0.2) is 9.13 Å². The van der Waals surface area contributed by atoms with Crippen LogP contribution < -0.4 is 0 Å². The van der Waals surface area contributed by atoms with Crippen molar-refractivity contribution in [2.45, 2.75) is 445 Å². The van der Waals surface area contributed by atoms with Crippen molar-refractivity contribution in [3.63, 3.8) is 0 Å². The molecule has 0 aromatic carbocycles. The highest BCUT2D eigenvalue weighted by Gasteiger charge is 2.30. The quantitative estimate of drug-likeness (QED) is 0.0222. The first-order valence-corrected chi connectivity index (χ1v) is 45.0. The summed E-state index contributed by atoms with van der Waals surface area (Å²) in [6, 6.07) is 0. The van der Waals surface area contributed by atoms with Crippen LogP contribution in [0.25, 0.3) is 0 Å². The van der Waals surface area contributed by atoms with Gasteiger partial charge in [0.25, 0.3) is 0 Å². The van der Waals surface area contributed by atoms with Gasteiger partial charge in [0.05, 0.1) is 26.4 Å². The molecule has 594 valence electrons. The first kappa shape index (κ1) is 98.1. The second-order valence-corrected chi connectivity index (χ2v) is 32.8. The monoisotopic (exact) mass is 1470 g/mol. The molecule has 3 unspecified atom stereocenters. The van der Waals surface area contributed by atoms with Crippen molar-refractivity contribution >= 4 is 39.5 Å². The van der Waals surface area contributed by atoms with E-state index < -0.39 is 97.5 Å². The summed E-state index contributed by atoms with van der Waals surface area (Å²) in [5.74, 6) is -0.568. The Balaban J connectivity index is 5.24. The maximum atomic E-state index is 13.1. The summed E-state index contributed by atoms with van der Waals surface area (Å²) in [7, 11) is -9.92. The largest absolute Gasteiger partial charge is 0.472 e. The number of phosphoric ester groups is 2. The number of unbranched alkanes of at least 4 members (excludes halogenated alkanes) is 49. The SMILES string of the molecule is CCCCCCCCCCCCCCCCCCC(=O)OC[C@H](COP(=O)(O)OC[C@@H](O)COP(=O)(O)OC[C@@H](COC(=O)CCCCCCCCC(C)CC)OC(=O)CCCCCCCCCCCCCCCCC)OC(=O)CCCCCCCCCCCCCCCCCCC(C)C. The minimum absolute atomic E-state index is 0.107. The zero-order valence-electron chi connectivity index (χ0n) is 65.5. The molecule has 0 amide bonds. The molecule has 0 fully saturated rings. The lowest BCUT2D eigenvalue weighted by atomic mass is 10.00. The van der Waals surface area contributed by atoms with E-state index in [1.165, 1.54) is 238 Å². The van der Waals surface area contributed by atoms with Crippen molar-refractivity contribution in [2.24, 2.45) is 11.8 Å². The average molecular weight is 1470 g/mol. The van der Waals surface area contributed by atoms with Crippen LogP contribution >= 0.6 is 15.6 Å². The fourth-order valence-electron chi connectivity index (χ4n) is 12.5. The van der Waals surface area contributed by atoms with E-state index in [-0.39, 0.29) is 25.7 Å². The van der Waals surface area contributed by atoms with Crippen LogP contribution in [0.15, 0.2) is 0 Å². The molecule has 0 bridgehead atoms. The number of hydrogen-bond donors (Lipinski definition) is 3. The summed E-state index contributed by atoms with van der Waals surface area (Å²) >= 11 is 0. The topological polar surface area (TPSA) is 237 Å². The van der Waals surface area contributed by atoms with Crippen LogP contribution in [0.1, 0.15) is 427 Å². The van der Waals surface area contributed by atoms with Gasteiger partial charge in [0.2, 0.25) is 0 Å². The van der Waals surface area contributed by atoms with Crippen LogP contribution in [0.3, 0.4) is 0 Å². The maximum Gasteiger partial charge on any atom is 0.472 e. The van der Waals surface area contributed by atoms with Gasteiger partial charge in [-0.05, 0) is 37.5 Å². The Morgan fingerprint density at radius 2 is 0.510 bits per heavy atom. The summed E-state index contributed by atoms with van der Waals surface area (Å²) in [4.78, 5) is 73.0. The van der Waals surface area contributed by atoms with Gasteiger partial charge < -0.3 is 33.8 Å². The third kappa shape index (κ3) is 73.0. The number of hydrogen-bond acceptors (Lipinski definition) is 15. The van der Waals surface area contributed by atoms with Crippen molar-refractivity contribution < 1.29 is 80.2 Å². The Kier molecular flexibility index (Phi) is 71.2. The van der Waals surface area contributed by atoms with Gasteiger partial charge in [-0.15, -0.1) is 0 Å². The lowest BCUT2D eigenvalue weighted by molar-refractivity contribution is -0.161. The van der Waals surface area contributed by atoms with E-state index in [9.17, 15) is 43.2 Å². The van der Waals surface area contributed by atoms with Crippen molar-refractivity contribution in [1.82, 2.24) is 0 Å². The molecule has 6 atom stereocenters. The Labute approximate surface area is 613 Å². The van der Waals surface area contributed by atoms with Gasteiger partial charge in [-0.1, -0.05) is 375 Å². The highest BCUT2D eigenvalue weighted by molar-refractivity contribution is 7.47. The van der Waals surface area contributed by atoms with E-state index in [0.29, 0.717) is 25.7 Å². The molecular formula is C81H158O17P2. The third-order valence-corrected chi connectivity index (χ3v) is 21.2. The molecule has 0 aromatic heterocycles. The van der Waals surface area contributed by atoms with Gasteiger partial charge in [0.15, 0.2) is 12.2 Å². The van der Waals surface area contributed by atoms with Crippen LogP contribution in [0.5, 0.6) is 0 Å². The van der Waals surface area contributed by atoms with Crippen molar-refractivity contribution in [1.29, 1.82) is 0 Å². The molecule has 3 N–H and O–H groups in total. The molecule has 0 aliphatic heterocycles. The minimum atomic E-state index is -4.96. The number of esters is 4. The Bertz CT molecular complexity index is 1930. The smallest absolute Gasteiger partial charge is 0.462 e. The van der Waals surface area contributed by atoms with E-state index in [4.69, 9.17) is 37.0 Å². The Morgan fingerprint density at radius 1 is 0.290 bits per heavy atom. The van der Waals surface area contributed by atoms with Crippen molar-refractivity contribution in [3.05, 3.63) is 0 Å². The van der Waals surface area contributed by atoms with Crippen molar-refractivity contribution in [2.75, 3.05) is 39.6 Å². The fraction of sp³-hybridized carbons (Fsp3) is 0.951. The van der Waals surface area contributed by atoms with E-state index in [0.717, 1.165) is 108 Å².